The average molecular weight is 390 g/mol. The molecule has 2 aliphatic rings. The van der Waals surface area contributed by atoms with Gasteiger partial charge in [-0.05, 0) is 25.0 Å². The summed E-state index contributed by atoms with van der Waals surface area (Å²) >= 11 is 0. The molecule has 8 heteroatoms. The Kier molecular flexibility index (Phi) is 6.86. The van der Waals surface area contributed by atoms with Crippen LogP contribution in [0.15, 0.2) is 30.3 Å². The fourth-order valence-corrected chi connectivity index (χ4v) is 3.68. The lowest BCUT2D eigenvalue weighted by molar-refractivity contribution is -0.151. The number of likely N-dealkylation sites (tertiary alicyclic amines) is 1. The zero-order chi connectivity index (χ0) is 19.9. The molecule has 0 saturated carbocycles. The summed E-state index contributed by atoms with van der Waals surface area (Å²) in [5.41, 5.74) is 0. The number of amides is 2. The van der Waals surface area contributed by atoms with Crippen molar-refractivity contribution in [2.24, 2.45) is 5.92 Å². The number of hydrogen-bond donors (Lipinski definition) is 1. The van der Waals surface area contributed by atoms with Crippen molar-refractivity contribution in [3.05, 3.63) is 30.3 Å². The third-order valence-electron chi connectivity index (χ3n) is 5.22. The highest BCUT2D eigenvalue weighted by atomic mass is 16.5. The number of carboxylic acids is 1. The Balaban J connectivity index is 1.48. The van der Waals surface area contributed by atoms with E-state index in [1.165, 1.54) is 0 Å². The van der Waals surface area contributed by atoms with Gasteiger partial charge in [0.1, 0.15) is 5.75 Å². The quantitative estimate of drug-likeness (QED) is 0.779. The zero-order valence-corrected chi connectivity index (χ0v) is 15.8. The van der Waals surface area contributed by atoms with E-state index in [0.717, 1.165) is 0 Å². The van der Waals surface area contributed by atoms with Crippen LogP contribution in [0.2, 0.25) is 0 Å². The Hall–Kier alpha value is -2.61. The second-order valence-electron chi connectivity index (χ2n) is 7.12. The average Bonchev–Trinajstić information content (AvgIpc) is 2.72. The molecule has 2 saturated heterocycles. The minimum atomic E-state index is -0.938. The van der Waals surface area contributed by atoms with Crippen LogP contribution in [-0.2, 0) is 19.1 Å². The van der Waals surface area contributed by atoms with Crippen LogP contribution >= 0.6 is 0 Å². The van der Waals surface area contributed by atoms with Crippen LogP contribution in [0.25, 0.3) is 0 Å². The van der Waals surface area contributed by atoms with Gasteiger partial charge in [-0.15, -0.1) is 0 Å². The van der Waals surface area contributed by atoms with E-state index in [0.29, 0.717) is 44.8 Å². The van der Waals surface area contributed by atoms with Crippen LogP contribution in [0.4, 0.5) is 0 Å². The predicted octanol–water partition coefficient (Wildman–Crippen LogP) is 1.01. The third-order valence-corrected chi connectivity index (χ3v) is 5.22. The first-order valence-electron chi connectivity index (χ1n) is 9.60. The van der Waals surface area contributed by atoms with Crippen LogP contribution < -0.4 is 4.74 Å². The normalized spacial score (nSPS) is 20.6. The second-order valence-corrected chi connectivity index (χ2v) is 7.12. The molecule has 152 valence electrons. The van der Waals surface area contributed by atoms with Crippen LogP contribution in [0, 0.1) is 5.92 Å². The number of carbonyl (C=O) groups is 3. The smallest absolute Gasteiger partial charge is 0.305 e. The molecule has 2 heterocycles. The van der Waals surface area contributed by atoms with E-state index in [2.05, 4.69) is 0 Å². The summed E-state index contributed by atoms with van der Waals surface area (Å²) in [7, 11) is 0. The molecule has 1 atom stereocenters. The Bertz CT molecular complexity index is 687. The minimum absolute atomic E-state index is 0.0211. The molecule has 2 fully saturated rings. The van der Waals surface area contributed by atoms with Crippen LogP contribution in [0.5, 0.6) is 5.75 Å². The standard InChI is InChI=1S/C20H26N2O6/c23-18(14-28-17-4-2-1-3-5-17)21-8-6-15(7-9-21)20(26)22-10-11-27-13-16(22)12-19(24)25/h1-5,15-16H,6-14H2,(H,24,25). The van der Waals surface area contributed by atoms with Crippen molar-refractivity contribution in [2.45, 2.75) is 25.3 Å². The zero-order valence-electron chi connectivity index (χ0n) is 15.8. The van der Waals surface area contributed by atoms with E-state index in [-0.39, 0.29) is 37.4 Å². The molecule has 8 nitrogen and oxygen atoms in total. The number of morpholine rings is 1. The highest BCUT2D eigenvalue weighted by Crippen LogP contribution is 2.23. The van der Waals surface area contributed by atoms with Gasteiger partial charge < -0.3 is 24.4 Å². The number of ether oxygens (including phenoxy) is 2. The van der Waals surface area contributed by atoms with Gasteiger partial charge in [0.05, 0.1) is 25.7 Å². The summed E-state index contributed by atoms with van der Waals surface area (Å²) in [4.78, 5) is 39.6. The Morgan fingerprint density at radius 1 is 1.11 bits per heavy atom. The van der Waals surface area contributed by atoms with Crippen molar-refractivity contribution in [3.8, 4) is 5.75 Å². The monoisotopic (exact) mass is 390 g/mol. The van der Waals surface area contributed by atoms with Gasteiger partial charge in [-0.1, -0.05) is 18.2 Å². The SMILES string of the molecule is O=C(O)CC1COCCN1C(=O)C1CCN(C(=O)COc2ccccc2)CC1. The van der Waals surface area contributed by atoms with E-state index in [4.69, 9.17) is 14.6 Å². The van der Waals surface area contributed by atoms with Crippen LogP contribution in [-0.4, -0.2) is 78.2 Å². The number of para-hydroxylation sites is 1. The van der Waals surface area contributed by atoms with Crippen molar-refractivity contribution in [3.63, 3.8) is 0 Å². The molecular weight excluding hydrogens is 364 g/mol. The summed E-state index contributed by atoms with van der Waals surface area (Å²) in [6.07, 6.45) is 1.04. The van der Waals surface area contributed by atoms with Crippen LogP contribution in [0.1, 0.15) is 19.3 Å². The fraction of sp³-hybridized carbons (Fsp3) is 0.550. The maximum atomic E-state index is 12.9. The molecule has 3 rings (SSSR count). The summed E-state index contributed by atoms with van der Waals surface area (Å²) in [5, 5.41) is 9.05. The molecule has 0 aromatic heterocycles. The predicted molar refractivity (Wildman–Crippen MR) is 99.8 cm³/mol. The Morgan fingerprint density at radius 2 is 1.82 bits per heavy atom. The van der Waals surface area contributed by atoms with Crippen molar-refractivity contribution in [1.29, 1.82) is 0 Å². The molecule has 1 N–H and O–H groups in total. The highest BCUT2D eigenvalue weighted by Gasteiger charge is 2.35. The maximum Gasteiger partial charge on any atom is 0.305 e. The highest BCUT2D eigenvalue weighted by molar-refractivity contribution is 5.81. The molecule has 0 spiro atoms. The van der Waals surface area contributed by atoms with Gasteiger partial charge in [0.2, 0.25) is 5.91 Å². The molecule has 0 aliphatic carbocycles. The van der Waals surface area contributed by atoms with Gasteiger partial charge >= 0.3 is 5.97 Å². The lowest BCUT2D eigenvalue weighted by Crippen LogP contribution is -2.53. The summed E-state index contributed by atoms with van der Waals surface area (Å²) in [5.74, 6) is -0.592. The number of rotatable bonds is 6. The second kappa shape index (κ2) is 9.54. The fourth-order valence-electron chi connectivity index (χ4n) is 3.68. The molecule has 1 aromatic carbocycles. The largest absolute Gasteiger partial charge is 0.484 e. The topological polar surface area (TPSA) is 96.4 Å². The molecule has 2 aliphatic heterocycles. The molecule has 2 amide bonds. The van der Waals surface area contributed by atoms with Crippen molar-refractivity contribution in [2.75, 3.05) is 39.5 Å². The van der Waals surface area contributed by atoms with Gasteiger partial charge in [-0.3, -0.25) is 14.4 Å². The van der Waals surface area contributed by atoms with E-state index in [9.17, 15) is 14.4 Å². The minimum Gasteiger partial charge on any atom is -0.484 e. The summed E-state index contributed by atoms with van der Waals surface area (Å²) in [6, 6.07) is 8.76. The molecule has 1 aromatic rings. The molecule has 28 heavy (non-hydrogen) atoms. The van der Waals surface area contributed by atoms with Crippen molar-refractivity contribution in [1.82, 2.24) is 9.80 Å². The number of benzene rings is 1. The number of carbonyl (C=O) groups excluding carboxylic acids is 2. The Morgan fingerprint density at radius 3 is 2.50 bits per heavy atom. The molecule has 0 radical (unpaired) electrons. The summed E-state index contributed by atoms with van der Waals surface area (Å²) < 4.78 is 10.8. The molecule has 0 bridgehead atoms. The maximum absolute atomic E-state index is 12.9. The van der Waals surface area contributed by atoms with Gasteiger partial charge in [-0.25, -0.2) is 0 Å². The van der Waals surface area contributed by atoms with Gasteiger partial charge in [0, 0.05) is 25.6 Å². The van der Waals surface area contributed by atoms with Crippen LogP contribution in [0.3, 0.4) is 0 Å². The number of aliphatic carboxylic acids is 1. The molecule has 1 unspecified atom stereocenters. The lowest BCUT2D eigenvalue weighted by atomic mass is 9.94. The van der Waals surface area contributed by atoms with Crippen molar-refractivity contribution >= 4 is 17.8 Å². The summed E-state index contributed by atoms with van der Waals surface area (Å²) in [6.45, 7) is 2.08. The van der Waals surface area contributed by atoms with Gasteiger partial charge in [-0.2, -0.15) is 0 Å². The van der Waals surface area contributed by atoms with Crippen molar-refractivity contribution < 1.29 is 29.0 Å². The van der Waals surface area contributed by atoms with E-state index in [1.54, 1.807) is 21.9 Å². The Labute approximate surface area is 164 Å². The first-order valence-corrected chi connectivity index (χ1v) is 9.60. The van der Waals surface area contributed by atoms with Gasteiger partial charge in [0.25, 0.3) is 5.91 Å². The van der Waals surface area contributed by atoms with E-state index < -0.39 is 12.0 Å². The third kappa shape index (κ3) is 5.22. The van der Waals surface area contributed by atoms with E-state index >= 15 is 0 Å². The number of hydrogen-bond acceptors (Lipinski definition) is 5. The molecular formula is C20H26N2O6. The van der Waals surface area contributed by atoms with Gasteiger partial charge in [0.15, 0.2) is 6.61 Å². The number of piperidine rings is 1. The van der Waals surface area contributed by atoms with E-state index in [1.807, 2.05) is 18.2 Å². The number of nitrogens with zero attached hydrogens (tertiary/aromatic N) is 2. The first-order chi connectivity index (χ1) is 13.5. The number of carboxylic acid groups (broad SMARTS) is 1. The lowest BCUT2D eigenvalue weighted by Gasteiger charge is -2.39. The first kappa shape index (κ1) is 20.1.